The molecule has 42 heavy (non-hydrogen) atoms. The lowest BCUT2D eigenvalue weighted by Crippen LogP contribution is -2.45. The highest BCUT2D eigenvalue weighted by Gasteiger charge is 2.38. The third kappa shape index (κ3) is 5.44. The first kappa shape index (κ1) is 27.8. The van der Waals surface area contributed by atoms with Gasteiger partial charge in [0.2, 0.25) is 5.95 Å². The zero-order valence-electron chi connectivity index (χ0n) is 22.9. The van der Waals surface area contributed by atoms with Gasteiger partial charge in [-0.1, -0.05) is 48.0 Å². The first-order chi connectivity index (χ1) is 20.4. The Kier molecular flexibility index (Phi) is 7.60. The topological polar surface area (TPSA) is 121 Å². The van der Waals surface area contributed by atoms with Gasteiger partial charge in [0.05, 0.1) is 39.0 Å². The van der Waals surface area contributed by atoms with E-state index in [1.807, 2.05) is 55.5 Å². The van der Waals surface area contributed by atoms with Crippen molar-refractivity contribution in [1.29, 1.82) is 5.26 Å². The van der Waals surface area contributed by atoms with E-state index in [1.54, 1.807) is 12.1 Å². The number of aromatic nitrogens is 2. The van der Waals surface area contributed by atoms with Gasteiger partial charge in [-0.05, 0) is 48.6 Å². The average Bonchev–Trinajstić information content (AvgIpc) is 3.73. The third-order valence-corrected chi connectivity index (χ3v) is 8.04. The van der Waals surface area contributed by atoms with Crippen molar-refractivity contribution in [3.63, 3.8) is 0 Å². The van der Waals surface area contributed by atoms with Crippen LogP contribution < -0.4 is 21.6 Å². The van der Waals surface area contributed by atoms with Crippen LogP contribution in [0, 0.1) is 17.3 Å². The van der Waals surface area contributed by atoms with E-state index in [4.69, 9.17) is 11.6 Å². The highest BCUT2D eigenvalue weighted by Crippen LogP contribution is 2.39. The van der Waals surface area contributed by atoms with Gasteiger partial charge in [0, 0.05) is 42.3 Å². The third-order valence-electron chi connectivity index (χ3n) is 7.75. The lowest BCUT2D eigenvalue weighted by atomic mass is 9.70. The molecule has 2 aliphatic rings. The van der Waals surface area contributed by atoms with E-state index in [0.717, 1.165) is 29.7 Å². The van der Waals surface area contributed by atoms with E-state index in [1.165, 1.54) is 18.5 Å². The number of nitrogens with one attached hydrogen (secondary N) is 4. The Morgan fingerprint density at radius 1 is 1.19 bits per heavy atom. The molecule has 0 radical (unpaired) electrons. The second kappa shape index (κ2) is 11.5. The Balaban J connectivity index is 1.44. The number of pyridine rings is 2. The van der Waals surface area contributed by atoms with Gasteiger partial charge in [-0.3, -0.25) is 9.99 Å². The van der Waals surface area contributed by atoms with E-state index in [0.29, 0.717) is 45.3 Å². The van der Waals surface area contributed by atoms with Crippen molar-refractivity contribution in [3.8, 4) is 6.07 Å². The fourth-order valence-corrected chi connectivity index (χ4v) is 5.54. The van der Waals surface area contributed by atoms with Gasteiger partial charge in [-0.25, -0.2) is 4.98 Å². The Labute approximate surface area is 248 Å². The maximum Gasteiger partial charge on any atom is 0.212 e. The molecule has 3 heterocycles. The van der Waals surface area contributed by atoms with Crippen LogP contribution in [-0.4, -0.2) is 40.6 Å². The molecule has 12 heteroatoms. The summed E-state index contributed by atoms with van der Waals surface area (Å²) in [6.07, 6.45) is 7.67. The van der Waals surface area contributed by atoms with Gasteiger partial charge < -0.3 is 21.2 Å². The summed E-state index contributed by atoms with van der Waals surface area (Å²) in [6, 6.07) is 18.9. The van der Waals surface area contributed by atoms with Crippen molar-refractivity contribution in [1.82, 2.24) is 25.9 Å². The summed E-state index contributed by atoms with van der Waals surface area (Å²) in [6.45, 7) is -0.0386. The lowest BCUT2D eigenvalue weighted by molar-refractivity contribution is 0.260. The van der Waals surface area contributed by atoms with E-state index >= 15 is 0 Å². The molecule has 0 unspecified atom stereocenters. The maximum atomic E-state index is 13.8. The summed E-state index contributed by atoms with van der Waals surface area (Å²) in [7, 11) is 1.98. The van der Waals surface area contributed by atoms with Crippen LogP contribution in [0.15, 0.2) is 78.9 Å². The molecule has 2 aromatic carbocycles. The second-order valence-electron chi connectivity index (χ2n) is 10.7. The molecule has 6 rings (SSSR count). The van der Waals surface area contributed by atoms with Gasteiger partial charge in [0.15, 0.2) is 0 Å². The number of nitriles is 1. The number of aliphatic hydroxyl groups excluding tert-OH is 1. The van der Waals surface area contributed by atoms with Crippen LogP contribution in [0.5, 0.6) is 0 Å². The predicted octanol–water partition coefficient (Wildman–Crippen LogP) is 4.06. The number of aliphatic hydroxyl groups is 1. The molecule has 1 saturated carbocycles. The lowest BCUT2D eigenvalue weighted by Gasteiger charge is -2.33. The van der Waals surface area contributed by atoms with Crippen LogP contribution in [-0.2, 0) is 5.44 Å². The van der Waals surface area contributed by atoms with Crippen LogP contribution in [0.3, 0.4) is 0 Å². The molecule has 0 saturated heterocycles. The number of hydrogen-bond donors (Lipinski definition) is 5. The quantitative estimate of drug-likeness (QED) is 0.139. The van der Waals surface area contributed by atoms with E-state index < -0.39 is 11.4 Å². The summed E-state index contributed by atoms with van der Waals surface area (Å²) < 4.78 is 13.8. The van der Waals surface area contributed by atoms with Crippen LogP contribution >= 0.6 is 11.6 Å². The van der Waals surface area contributed by atoms with Gasteiger partial charge >= 0.3 is 0 Å². The van der Waals surface area contributed by atoms with E-state index in [2.05, 4.69) is 37.6 Å². The number of benzene rings is 2. The minimum absolute atomic E-state index is 0.0386. The molecule has 1 fully saturated rings. The molecule has 9 nitrogen and oxygen atoms in total. The minimum atomic E-state index is -0.869. The zero-order chi connectivity index (χ0) is 29.3. The molecule has 1 aliphatic heterocycles. The first-order valence-electron chi connectivity index (χ1n) is 13.8. The number of anilines is 2. The Morgan fingerprint density at radius 2 is 2.00 bits per heavy atom. The Hall–Kier alpha value is -4.37. The summed E-state index contributed by atoms with van der Waals surface area (Å²) in [5, 5.41) is 30.0. The monoisotopic (exact) mass is 582 g/mol. The molecule has 0 amide bonds. The number of halogens is 2. The van der Waals surface area contributed by atoms with Crippen molar-refractivity contribution in [2.75, 3.05) is 17.2 Å². The summed E-state index contributed by atoms with van der Waals surface area (Å²) >= 11 is 6.81. The van der Waals surface area contributed by atoms with E-state index in [-0.39, 0.29) is 12.6 Å². The predicted molar refractivity (Wildman–Crippen MR) is 163 cm³/mol. The fraction of sp³-hybridized carbons (Fsp3) is 0.233. The van der Waals surface area contributed by atoms with Gasteiger partial charge in [-0.15, -0.1) is 5.53 Å². The Morgan fingerprint density at radius 3 is 2.69 bits per heavy atom. The molecule has 0 bridgehead atoms. The molecular formula is C30H29BClFN8O. The second-order valence-corrected chi connectivity index (χ2v) is 11.1. The number of rotatable bonds is 10. The first-order valence-corrected chi connectivity index (χ1v) is 14.1. The van der Waals surface area contributed by atoms with Crippen molar-refractivity contribution in [2.24, 2.45) is 0 Å². The molecule has 2 atom stereocenters. The smallest absolute Gasteiger partial charge is 0.212 e. The normalized spacial score (nSPS) is 16.7. The largest absolute Gasteiger partial charge is 0.396 e. The maximum absolute atomic E-state index is 13.8. The van der Waals surface area contributed by atoms with Gasteiger partial charge in [0.1, 0.15) is 13.9 Å². The number of hydrogen-bond acceptors (Lipinski definition) is 9. The number of nitrogens with zero attached hydrogens (tertiary/aromatic N) is 4. The highest BCUT2D eigenvalue weighted by molar-refractivity contribution is 6.36. The van der Waals surface area contributed by atoms with Crippen molar-refractivity contribution >= 4 is 41.7 Å². The van der Waals surface area contributed by atoms with Crippen LogP contribution in [0.4, 0.5) is 15.8 Å². The summed E-state index contributed by atoms with van der Waals surface area (Å²) in [5.41, 5.74) is 10.2. The molecule has 5 N–H and O–H groups in total. The molecule has 4 aromatic rings. The fourth-order valence-electron chi connectivity index (χ4n) is 5.27. The number of fused-ring (bicyclic) bond motifs is 1. The van der Waals surface area contributed by atoms with Crippen LogP contribution in [0.1, 0.15) is 42.0 Å². The molecular weight excluding hydrogens is 554 g/mol. The minimum Gasteiger partial charge on any atom is -0.396 e. The van der Waals surface area contributed by atoms with Crippen LogP contribution in [0.2, 0.25) is 5.02 Å². The van der Waals surface area contributed by atoms with Crippen molar-refractivity contribution in [2.45, 2.75) is 36.8 Å². The summed E-state index contributed by atoms with van der Waals surface area (Å²) in [5.74, 6) is -0.567. The highest BCUT2D eigenvalue weighted by atomic mass is 35.5. The molecule has 212 valence electrons. The van der Waals surface area contributed by atoms with Crippen molar-refractivity contribution in [3.05, 3.63) is 107 Å². The zero-order valence-corrected chi connectivity index (χ0v) is 23.7. The number of hydrazine groups is 2. The summed E-state index contributed by atoms with van der Waals surface area (Å²) in [4.78, 5) is 8.40. The van der Waals surface area contributed by atoms with Crippen molar-refractivity contribution < 1.29 is 9.50 Å². The van der Waals surface area contributed by atoms with E-state index in [9.17, 15) is 14.8 Å². The molecule has 0 spiro atoms. The molecule has 2 aromatic heterocycles. The SMILES string of the molecule is B[C@@](Nc1cc(Cl)c2ncc(C#N)c(N[C@H](CCO)c3ccccc3)c2c1)(C1=CN(C2CC2)NN1)c1ccc(F)nc1. The van der Waals surface area contributed by atoms with Gasteiger partial charge in [-0.2, -0.15) is 9.65 Å². The standard InChI is InChI=1S/C30H29BClFN8O/c31-30(20-6-9-27(33)35-16-20,26-17-41(40-39-26)22-7-8-22)38-21-12-23-28(19(14-34)15-36-29(23)24(32)13-21)37-25(10-11-42)18-4-2-1-3-5-18/h1-6,9,12-13,15-17,22,25,38-40,42H,7-8,10-11,31H2,(H,36,37)/t25-,30+/m1/s1. The Bertz CT molecular complexity index is 1680. The van der Waals surface area contributed by atoms with Crippen LogP contribution in [0.25, 0.3) is 10.9 Å². The molecule has 1 aliphatic carbocycles. The van der Waals surface area contributed by atoms with Gasteiger partial charge in [0.25, 0.3) is 0 Å². The average molecular weight is 583 g/mol.